The van der Waals surface area contributed by atoms with Crippen LogP contribution in [0.4, 0.5) is 13.2 Å². The number of imide groups is 2. The second-order valence-corrected chi connectivity index (χ2v) is 7.79. The van der Waals surface area contributed by atoms with Crippen LogP contribution >= 0.6 is 0 Å². The van der Waals surface area contributed by atoms with Gasteiger partial charge in [0.15, 0.2) is 0 Å². The molecule has 8 nitrogen and oxygen atoms in total. The fraction of sp³-hybridized carbons (Fsp3) is 0.474. The number of alkyl halides is 3. The molecule has 4 rings (SSSR count). The van der Waals surface area contributed by atoms with Crippen molar-refractivity contribution < 1.29 is 32.3 Å². The summed E-state index contributed by atoms with van der Waals surface area (Å²) in [6.07, 6.45) is -4.39. The van der Waals surface area contributed by atoms with Gasteiger partial charge in [-0.1, -0.05) is 12.1 Å². The summed E-state index contributed by atoms with van der Waals surface area (Å²) in [6.45, 7) is -0.272. The Hall–Kier alpha value is -2.79. The minimum Gasteiger partial charge on any atom is -0.326 e. The molecule has 2 fully saturated rings. The number of piperidine rings is 1. The largest absolute Gasteiger partial charge is 0.394 e. The summed E-state index contributed by atoms with van der Waals surface area (Å²) in [5.74, 6) is -4.20. The normalized spacial score (nSPS) is 27.6. The van der Waals surface area contributed by atoms with Gasteiger partial charge in [-0.2, -0.15) is 13.2 Å². The van der Waals surface area contributed by atoms with Crippen LogP contribution in [0, 0.1) is 5.92 Å². The number of fused-ring (bicyclic) bond motifs is 1. The number of nitrogens with two attached hydrogens (primary N) is 1. The van der Waals surface area contributed by atoms with E-state index in [1.807, 2.05) is 0 Å². The number of nitrogens with zero attached hydrogens (tertiary/aromatic N) is 2. The van der Waals surface area contributed by atoms with Crippen molar-refractivity contribution in [3.05, 3.63) is 34.9 Å². The summed E-state index contributed by atoms with van der Waals surface area (Å²) < 4.78 is 39.3. The molecular weight excluding hydrogens is 405 g/mol. The van der Waals surface area contributed by atoms with Gasteiger partial charge in [0.2, 0.25) is 11.8 Å². The Balaban J connectivity index is 1.58. The number of nitrogens with one attached hydrogen (secondary N) is 1. The SMILES string of the molecule is N[C@@H]1CN(Cc2cccc3c2C(=O)N(C2CCC(=O)NC2=O)C3=O)C[C@H]1C(F)(F)F. The van der Waals surface area contributed by atoms with Crippen molar-refractivity contribution in [2.75, 3.05) is 13.1 Å². The highest BCUT2D eigenvalue weighted by atomic mass is 19.4. The van der Waals surface area contributed by atoms with Gasteiger partial charge >= 0.3 is 6.18 Å². The molecule has 2 saturated heterocycles. The fourth-order valence-electron chi connectivity index (χ4n) is 4.35. The highest BCUT2D eigenvalue weighted by molar-refractivity contribution is 6.24. The van der Waals surface area contributed by atoms with Crippen LogP contribution in [0.1, 0.15) is 39.1 Å². The number of hydrogen-bond donors (Lipinski definition) is 2. The number of rotatable bonds is 3. The van der Waals surface area contributed by atoms with Crippen LogP contribution in [-0.4, -0.2) is 64.8 Å². The number of carbonyl (C=O) groups excluding carboxylic acids is 4. The molecule has 0 aliphatic carbocycles. The van der Waals surface area contributed by atoms with Crippen molar-refractivity contribution in [3.8, 4) is 0 Å². The summed E-state index contributed by atoms with van der Waals surface area (Å²) in [4.78, 5) is 51.7. The zero-order valence-corrected chi connectivity index (χ0v) is 15.7. The molecule has 3 aliphatic heterocycles. The molecule has 160 valence electrons. The van der Waals surface area contributed by atoms with Crippen molar-refractivity contribution in [1.82, 2.24) is 15.1 Å². The van der Waals surface area contributed by atoms with Gasteiger partial charge in [0.1, 0.15) is 6.04 Å². The first-order valence-electron chi connectivity index (χ1n) is 9.46. The van der Waals surface area contributed by atoms with E-state index in [-0.39, 0.29) is 43.6 Å². The molecule has 4 amide bonds. The summed E-state index contributed by atoms with van der Waals surface area (Å²) in [5, 5.41) is 2.12. The Kier molecular flexibility index (Phi) is 4.89. The average molecular weight is 424 g/mol. The molecule has 30 heavy (non-hydrogen) atoms. The van der Waals surface area contributed by atoms with E-state index >= 15 is 0 Å². The second kappa shape index (κ2) is 7.17. The van der Waals surface area contributed by atoms with Gasteiger partial charge in [-0.05, 0) is 18.1 Å². The molecule has 3 aliphatic rings. The topological polar surface area (TPSA) is 113 Å². The first-order valence-corrected chi connectivity index (χ1v) is 9.46. The molecule has 1 aromatic carbocycles. The van der Waals surface area contributed by atoms with Crippen molar-refractivity contribution in [1.29, 1.82) is 0 Å². The lowest BCUT2D eigenvalue weighted by molar-refractivity contribution is -0.173. The van der Waals surface area contributed by atoms with E-state index < -0.39 is 47.8 Å². The van der Waals surface area contributed by atoms with Crippen LogP contribution in [0.3, 0.4) is 0 Å². The van der Waals surface area contributed by atoms with Crippen molar-refractivity contribution in [2.24, 2.45) is 11.7 Å². The molecule has 0 aromatic heterocycles. The number of likely N-dealkylation sites (tertiary alicyclic amines) is 1. The van der Waals surface area contributed by atoms with Crippen molar-refractivity contribution in [2.45, 2.75) is 37.6 Å². The predicted octanol–water partition coefficient (Wildman–Crippen LogP) is 0.409. The third-order valence-corrected chi connectivity index (χ3v) is 5.81. The molecule has 0 radical (unpaired) electrons. The highest BCUT2D eigenvalue weighted by Crippen LogP contribution is 2.35. The number of benzene rings is 1. The molecule has 0 saturated carbocycles. The Labute approximate surface area is 169 Å². The van der Waals surface area contributed by atoms with Crippen LogP contribution < -0.4 is 11.1 Å². The van der Waals surface area contributed by atoms with Gasteiger partial charge in [-0.25, -0.2) is 0 Å². The quantitative estimate of drug-likeness (QED) is 0.680. The van der Waals surface area contributed by atoms with Crippen LogP contribution in [0.2, 0.25) is 0 Å². The molecule has 0 spiro atoms. The number of amides is 4. The second-order valence-electron chi connectivity index (χ2n) is 7.79. The highest BCUT2D eigenvalue weighted by Gasteiger charge is 2.49. The van der Waals surface area contributed by atoms with E-state index in [2.05, 4.69) is 5.32 Å². The fourth-order valence-corrected chi connectivity index (χ4v) is 4.35. The molecule has 1 unspecified atom stereocenters. The number of halogens is 3. The van der Waals surface area contributed by atoms with Gasteiger partial charge in [-0.15, -0.1) is 0 Å². The maximum Gasteiger partial charge on any atom is 0.394 e. The standard InChI is InChI=1S/C19H19F3N4O4/c20-19(21,22)11-7-25(8-12(11)23)6-9-2-1-3-10-15(9)18(30)26(17(10)29)13-4-5-14(27)24-16(13)28/h1-3,11-13H,4-8,23H2,(H,24,27,28)/t11-,12-,13?/m1/s1. The molecule has 3 heterocycles. The maximum atomic E-state index is 13.1. The monoisotopic (exact) mass is 424 g/mol. The minimum absolute atomic E-state index is 0.00116. The van der Waals surface area contributed by atoms with E-state index in [1.54, 1.807) is 12.1 Å². The Morgan fingerprint density at radius 1 is 1.10 bits per heavy atom. The zero-order chi connectivity index (χ0) is 21.8. The summed E-state index contributed by atoms with van der Waals surface area (Å²) >= 11 is 0. The third kappa shape index (κ3) is 3.37. The molecule has 1 aromatic rings. The first kappa shape index (κ1) is 20.5. The summed E-state index contributed by atoms with van der Waals surface area (Å²) in [7, 11) is 0. The van der Waals surface area contributed by atoms with E-state index in [0.717, 1.165) is 4.90 Å². The Morgan fingerprint density at radius 2 is 1.83 bits per heavy atom. The number of hydrogen-bond acceptors (Lipinski definition) is 6. The zero-order valence-electron chi connectivity index (χ0n) is 15.7. The van der Waals surface area contributed by atoms with Gasteiger partial charge in [0.25, 0.3) is 11.8 Å². The smallest absolute Gasteiger partial charge is 0.326 e. The maximum absolute atomic E-state index is 13.1. The van der Waals surface area contributed by atoms with Gasteiger partial charge < -0.3 is 5.73 Å². The van der Waals surface area contributed by atoms with Crippen LogP contribution in [0.25, 0.3) is 0 Å². The van der Waals surface area contributed by atoms with Gasteiger partial charge in [0.05, 0.1) is 17.0 Å². The van der Waals surface area contributed by atoms with E-state index in [1.165, 1.54) is 11.0 Å². The van der Waals surface area contributed by atoms with Crippen LogP contribution in [-0.2, 0) is 16.1 Å². The predicted molar refractivity (Wildman–Crippen MR) is 95.9 cm³/mol. The Bertz CT molecular complexity index is 948. The van der Waals surface area contributed by atoms with E-state index in [0.29, 0.717) is 5.56 Å². The average Bonchev–Trinajstić information content (AvgIpc) is 3.14. The van der Waals surface area contributed by atoms with Gasteiger partial charge in [0, 0.05) is 32.1 Å². The lowest BCUT2D eigenvalue weighted by Crippen LogP contribution is -2.54. The molecule has 3 atom stereocenters. The number of carbonyl (C=O) groups is 4. The molecule has 3 N–H and O–H groups in total. The van der Waals surface area contributed by atoms with Gasteiger partial charge in [-0.3, -0.25) is 34.3 Å². The Morgan fingerprint density at radius 3 is 2.47 bits per heavy atom. The molecule has 11 heteroatoms. The van der Waals surface area contributed by atoms with Crippen LogP contribution in [0.15, 0.2) is 18.2 Å². The third-order valence-electron chi connectivity index (χ3n) is 5.81. The summed E-state index contributed by atoms with van der Waals surface area (Å²) in [5.41, 5.74) is 6.23. The van der Waals surface area contributed by atoms with Crippen molar-refractivity contribution >= 4 is 23.6 Å². The lowest BCUT2D eigenvalue weighted by Gasteiger charge is -2.28. The lowest BCUT2D eigenvalue weighted by atomic mass is 10.0. The van der Waals surface area contributed by atoms with Crippen molar-refractivity contribution in [3.63, 3.8) is 0 Å². The molecule has 0 bridgehead atoms. The van der Waals surface area contributed by atoms with Crippen LogP contribution in [0.5, 0.6) is 0 Å². The van der Waals surface area contributed by atoms with E-state index in [4.69, 9.17) is 5.73 Å². The van der Waals surface area contributed by atoms with E-state index in [9.17, 15) is 32.3 Å². The summed E-state index contributed by atoms with van der Waals surface area (Å²) in [6, 6.07) is 2.39. The minimum atomic E-state index is -4.42. The molecular formula is C19H19F3N4O4. The first-order chi connectivity index (χ1) is 14.1.